The quantitative estimate of drug-likeness (QED) is 0.181. The molecule has 4 nitrogen and oxygen atoms in total. The standard InChI is InChI=1S/C32H40N2O2/c1-4-6-7-8-20-32(24-34)21-17-28(18-22-32)26-11-9-25(10-12-26)27-13-15-29(16-14-27)36-30(35)31(3,23-33)19-5-2/h9-16,28H,4-8,17-22H2,1-3H3. The molecular weight excluding hydrogens is 444 g/mol. The van der Waals surface area contributed by atoms with Gasteiger partial charge in [0.15, 0.2) is 5.41 Å². The fraction of sp³-hybridized carbons (Fsp3) is 0.531. The van der Waals surface area contributed by atoms with Crippen LogP contribution in [-0.4, -0.2) is 5.97 Å². The zero-order valence-electron chi connectivity index (χ0n) is 22.2. The van der Waals surface area contributed by atoms with Crippen LogP contribution in [-0.2, 0) is 4.79 Å². The van der Waals surface area contributed by atoms with E-state index in [0.717, 1.165) is 49.7 Å². The van der Waals surface area contributed by atoms with E-state index >= 15 is 0 Å². The van der Waals surface area contributed by atoms with Crippen molar-refractivity contribution in [1.29, 1.82) is 10.5 Å². The molecule has 3 rings (SSSR count). The monoisotopic (exact) mass is 484 g/mol. The molecule has 0 bridgehead atoms. The van der Waals surface area contributed by atoms with Crippen LogP contribution in [0.2, 0.25) is 0 Å². The van der Waals surface area contributed by atoms with Gasteiger partial charge in [-0.05, 0) is 80.2 Å². The number of benzene rings is 2. The van der Waals surface area contributed by atoms with Gasteiger partial charge in [0.2, 0.25) is 0 Å². The number of carbonyl (C=O) groups excluding carboxylic acids is 1. The summed E-state index contributed by atoms with van der Waals surface area (Å²) in [5, 5.41) is 19.3. The number of nitrogens with zero attached hydrogens (tertiary/aromatic N) is 2. The number of rotatable bonds is 11. The van der Waals surface area contributed by atoms with E-state index < -0.39 is 11.4 Å². The van der Waals surface area contributed by atoms with Crippen LogP contribution in [0.5, 0.6) is 5.75 Å². The summed E-state index contributed by atoms with van der Waals surface area (Å²) in [7, 11) is 0. The van der Waals surface area contributed by atoms with Crippen molar-refractivity contribution < 1.29 is 9.53 Å². The molecule has 1 atom stereocenters. The first kappa shape index (κ1) is 27.5. The molecule has 1 unspecified atom stereocenters. The SMILES string of the molecule is CCCCCCC1(C#N)CCC(c2ccc(-c3ccc(OC(=O)C(C)(C#N)CCC)cc3)cc2)CC1. The highest BCUT2D eigenvalue weighted by molar-refractivity contribution is 5.81. The molecule has 2 aromatic rings. The Labute approximate surface area is 217 Å². The van der Waals surface area contributed by atoms with Gasteiger partial charge in [0.25, 0.3) is 0 Å². The number of unbranched alkanes of at least 4 members (excludes halogenated alkanes) is 3. The van der Waals surface area contributed by atoms with E-state index in [1.165, 1.54) is 31.2 Å². The Balaban J connectivity index is 1.58. The molecule has 0 saturated heterocycles. The maximum absolute atomic E-state index is 12.5. The largest absolute Gasteiger partial charge is 0.425 e. The van der Waals surface area contributed by atoms with Gasteiger partial charge >= 0.3 is 5.97 Å². The van der Waals surface area contributed by atoms with Gasteiger partial charge < -0.3 is 4.74 Å². The van der Waals surface area contributed by atoms with Crippen molar-refractivity contribution in [3.63, 3.8) is 0 Å². The van der Waals surface area contributed by atoms with Gasteiger partial charge in [-0.2, -0.15) is 10.5 Å². The topological polar surface area (TPSA) is 73.9 Å². The van der Waals surface area contributed by atoms with Crippen molar-refractivity contribution in [2.75, 3.05) is 0 Å². The number of esters is 1. The highest BCUT2D eigenvalue weighted by atomic mass is 16.5. The van der Waals surface area contributed by atoms with Crippen LogP contribution in [0.15, 0.2) is 48.5 Å². The van der Waals surface area contributed by atoms with E-state index in [2.05, 4.69) is 43.3 Å². The molecular formula is C32H40N2O2. The Morgan fingerprint density at radius 2 is 1.56 bits per heavy atom. The van der Waals surface area contributed by atoms with Crippen LogP contribution in [0.4, 0.5) is 0 Å². The van der Waals surface area contributed by atoms with E-state index in [0.29, 0.717) is 18.1 Å². The number of ether oxygens (including phenoxy) is 1. The van der Waals surface area contributed by atoms with E-state index in [9.17, 15) is 15.3 Å². The van der Waals surface area contributed by atoms with Crippen LogP contribution in [0.25, 0.3) is 11.1 Å². The maximum Gasteiger partial charge on any atom is 0.331 e. The summed E-state index contributed by atoms with van der Waals surface area (Å²) in [5.74, 6) is 0.476. The lowest BCUT2D eigenvalue weighted by atomic mass is 9.67. The van der Waals surface area contributed by atoms with E-state index in [4.69, 9.17) is 4.74 Å². The lowest BCUT2D eigenvalue weighted by Gasteiger charge is -2.35. The normalized spacial score (nSPS) is 21.1. The number of hydrogen-bond acceptors (Lipinski definition) is 4. The number of hydrogen-bond donors (Lipinski definition) is 0. The Morgan fingerprint density at radius 3 is 2.08 bits per heavy atom. The smallest absolute Gasteiger partial charge is 0.331 e. The lowest BCUT2D eigenvalue weighted by molar-refractivity contribution is -0.142. The van der Waals surface area contributed by atoms with Crippen LogP contribution in [0, 0.1) is 33.5 Å². The molecule has 1 aliphatic carbocycles. The summed E-state index contributed by atoms with van der Waals surface area (Å²) in [4.78, 5) is 12.5. The molecule has 0 heterocycles. The first-order chi connectivity index (χ1) is 17.4. The molecule has 190 valence electrons. The van der Waals surface area contributed by atoms with E-state index in [-0.39, 0.29) is 5.41 Å². The number of carbonyl (C=O) groups is 1. The molecule has 4 heteroatoms. The first-order valence-corrected chi connectivity index (χ1v) is 13.6. The van der Waals surface area contributed by atoms with Gasteiger partial charge in [0.05, 0.1) is 17.6 Å². The molecule has 1 fully saturated rings. The minimum atomic E-state index is -1.12. The van der Waals surface area contributed by atoms with E-state index in [1.807, 2.05) is 19.1 Å². The lowest BCUT2D eigenvalue weighted by Crippen LogP contribution is -2.30. The molecule has 2 aromatic carbocycles. The molecule has 1 aliphatic rings. The van der Waals surface area contributed by atoms with Crippen molar-refractivity contribution in [2.45, 2.75) is 97.3 Å². The van der Waals surface area contributed by atoms with Gasteiger partial charge in [-0.1, -0.05) is 82.3 Å². The molecule has 0 aromatic heterocycles. The predicted molar refractivity (Wildman–Crippen MR) is 144 cm³/mol. The van der Waals surface area contributed by atoms with Gasteiger partial charge in [0.1, 0.15) is 5.75 Å². The van der Waals surface area contributed by atoms with Gasteiger partial charge in [-0.3, -0.25) is 0 Å². The highest BCUT2D eigenvalue weighted by Crippen LogP contribution is 2.46. The first-order valence-electron chi connectivity index (χ1n) is 13.6. The number of nitriles is 2. The molecule has 0 aliphatic heterocycles. The van der Waals surface area contributed by atoms with Crippen LogP contribution in [0.3, 0.4) is 0 Å². The molecule has 36 heavy (non-hydrogen) atoms. The average molecular weight is 485 g/mol. The molecule has 0 N–H and O–H groups in total. The Bertz CT molecular complexity index is 1070. The summed E-state index contributed by atoms with van der Waals surface area (Å²) in [6, 6.07) is 21.0. The third-order valence-electron chi connectivity index (χ3n) is 7.92. The second-order valence-electron chi connectivity index (χ2n) is 10.7. The third kappa shape index (κ3) is 6.76. The average Bonchev–Trinajstić information content (AvgIpc) is 2.92. The zero-order valence-corrected chi connectivity index (χ0v) is 22.2. The Morgan fingerprint density at radius 1 is 0.944 bits per heavy atom. The van der Waals surface area contributed by atoms with Crippen LogP contribution >= 0.6 is 0 Å². The van der Waals surface area contributed by atoms with Crippen molar-refractivity contribution in [3.8, 4) is 29.0 Å². The third-order valence-corrected chi connectivity index (χ3v) is 7.92. The maximum atomic E-state index is 12.5. The summed E-state index contributed by atoms with van der Waals surface area (Å²) in [6.07, 6.45) is 11.4. The fourth-order valence-corrected chi connectivity index (χ4v) is 5.40. The van der Waals surface area contributed by atoms with E-state index in [1.54, 1.807) is 19.1 Å². The fourth-order valence-electron chi connectivity index (χ4n) is 5.40. The summed E-state index contributed by atoms with van der Waals surface area (Å²) >= 11 is 0. The molecule has 1 saturated carbocycles. The van der Waals surface area contributed by atoms with Crippen LogP contribution < -0.4 is 4.74 Å². The van der Waals surface area contributed by atoms with Crippen molar-refractivity contribution >= 4 is 5.97 Å². The molecule has 0 amide bonds. The summed E-state index contributed by atoms with van der Waals surface area (Å²) in [6.45, 7) is 5.81. The zero-order chi connectivity index (χ0) is 26.0. The minimum absolute atomic E-state index is 0.114. The predicted octanol–water partition coefficient (Wildman–Crippen LogP) is 8.73. The highest BCUT2D eigenvalue weighted by Gasteiger charge is 2.36. The summed E-state index contributed by atoms with van der Waals surface area (Å²) in [5.41, 5.74) is 2.29. The van der Waals surface area contributed by atoms with Gasteiger partial charge in [-0.15, -0.1) is 0 Å². The van der Waals surface area contributed by atoms with Crippen molar-refractivity contribution in [3.05, 3.63) is 54.1 Å². The summed E-state index contributed by atoms with van der Waals surface area (Å²) < 4.78 is 5.49. The van der Waals surface area contributed by atoms with Gasteiger partial charge in [-0.25, -0.2) is 4.79 Å². The molecule has 0 spiro atoms. The Hall–Kier alpha value is -3.11. The Kier molecular flexibility index (Phi) is 9.72. The minimum Gasteiger partial charge on any atom is -0.425 e. The van der Waals surface area contributed by atoms with Crippen LogP contribution in [0.1, 0.15) is 103 Å². The van der Waals surface area contributed by atoms with Gasteiger partial charge in [0, 0.05) is 0 Å². The second-order valence-corrected chi connectivity index (χ2v) is 10.7. The van der Waals surface area contributed by atoms with Crippen molar-refractivity contribution in [1.82, 2.24) is 0 Å². The molecule has 0 radical (unpaired) electrons. The van der Waals surface area contributed by atoms with Crippen molar-refractivity contribution in [2.24, 2.45) is 10.8 Å². The second kappa shape index (κ2) is 12.7.